The number of nitrogens with one attached hydrogen (secondary N) is 1. The Morgan fingerprint density at radius 2 is 1.76 bits per heavy atom. The van der Waals surface area contributed by atoms with Gasteiger partial charge >= 0.3 is 6.18 Å². The molecule has 2 aromatic carbocycles. The molecule has 25 heavy (non-hydrogen) atoms. The number of hydrogen-bond acceptors (Lipinski definition) is 2. The zero-order valence-electron chi connectivity index (χ0n) is 13.7. The summed E-state index contributed by atoms with van der Waals surface area (Å²) in [5, 5.41) is 2.58. The van der Waals surface area contributed by atoms with Crippen molar-refractivity contribution in [2.24, 2.45) is 0 Å². The van der Waals surface area contributed by atoms with Gasteiger partial charge in [-0.1, -0.05) is 24.3 Å². The van der Waals surface area contributed by atoms with Crippen molar-refractivity contribution in [2.75, 3.05) is 16.8 Å². The number of carbonyl (C=O) groups excluding carboxylic acids is 2. The Kier molecular flexibility index (Phi) is 5.46. The van der Waals surface area contributed by atoms with Gasteiger partial charge in [0.05, 0.1) is 11.3 Å². The van der Waals surface area contributed by atoms with E-state index in [0.29, 0.717) is 5.69 Å². The normalized spacial score (nSPS) is 11.1. The summed E-state index contributed by atoms with van der Waals surface area (Å²) < 4.78 is 39.5. The maximum absolute atomic E-state index is 13.2. The van der Waals surface area contributed by atoms with Gasteiger partial charge in [-0.2, -0.15) is 13.2 Å². The predicted molar refractivity (Wildman–Crippen MR) is 89.3 cm³/mol. The van der Waals surface area contributed by atoms with Crippen LogP contribution in [0.15, 0.2) is 48.5 Å². The van der Waals surface area contributed by atoms with Crippen molar-refractivity contribution in [1.82, 2.24) is 0 Å². The molecule has 0 unspecified atom stereocenters. The van der Waals surface area contributed by atoms with Gasteiger partial charge in [-0.3, -0.25) is 9.59 Å². The summed E-state index contributed by atoms with van der Waals surface area (Å²) in [5.41, 5.74) is 0.122. The van der Waals surface area contributed by atoms with Gasteiger partial charge in [0.25, 0.3) is 0 Å². The van der Waals surface area contributed by atoms with Crippen LogP contribution in [0.1, 0.15) is 18.1 Å². The van der Waals surface area contributed by atoms with Gasteiger partial charge in [0.2, 0.25) is 11.8 Å². The highest BCUT2D eigenvalue weighted by Crippen LogP contribution is 2.36. The molecular weight excluding hydrogens is 333 g/mol. The highest BCUT2D eigenvalue weighted by atomic mass is 19.4. The molecule has 0 aliphatic rings. The molecule has 0 saturated carbocycles. The third-order valence-electron chi connectivity index (χ3n) is 3.48. The van der Waals surface area contributed by atoms with E-state index >= 15 is 0 Å². The Hall–Kier alpha value is -2.83. The van der Waals surface area contributed by atoms with Crippen LogP contribution in [0.5, 0.6) is 0 Å². The SMILES string of the molecule is CC(=O)N(CC(=O)Nc1cccc(C)c1)c1ccccc1C(F)(F)F. The number of halogens is 3. The van der Waals surface area contributed by atoms with Gasteiger partial charge in [-0.15, -0.1) is 0 Å². The smallest absolute Gasteiger partial charge is 0.325 e. The third-order valence-corrected chi connectivity index (χ3v) is 3.48. The Morgan fingerprint density at radius 1 is 1.08 bits per heavy atom. The Morgan fingerprint density at radius 3 is 2.36 bits per heavy atom. The van der Waals surface area contributed by atoms with Crippen LogP contribution >= 0.6 is 0 Å². The zero-order chi connectivity index (χ0) is 18.6. The lowest BCUT2D eigenvalue weighted by molar-refractivity contribution is -0.137. The standard InChI is InChI=1S/C18H17F3N2O2/c1-12-6-5-7-14(10-12)22-17(25)11-23(13(2)24)16-9-4-3-8-15(16)18(19,20)21/h3-10H,11H2,1-2H3,(H,22,25). The van der Waals surface area contributed by atoms with Crippen molar-refractivity contribution in [3.63, 3.8) is 0 Å². The molecule has 0 bridgehead atoms. The zero-order valence-corrected chi connectivity index (χ0v) is 13.7. The molecule has 0 aliphatic heterocycles. The topological polar surface area (TPSA) is 49.4 Å². The van der Waals surface area contributed by atoms with E-state index in [0.717, 1.165) is 23.5 Å². The summed E-state index contributed by atoms with van der Waals surface area (Å²) in [4.78, 5) is 24.8. The third kappa shape index (κ3) is 4.82. The molecule has 0 radical (unpaired) electrons. The minimum atomic E-state index is -4.63. The van der Waals surface area contributed by atoms with E-state index in [1.54, 1.807) is 18.2 Å². The van der Waals surface area contributed by atoms with Crippen LogP contribution in [0.4, 0.5) is 24.5 Å². The quantitative estimate of drug-likeness (QED) is 0.906. The fraction of sp³-hybridized carbons (Fsp3) is 0.222. The molecular formula is C18H17F3N2O2. The van der Waals surface area contributed by atoms with Crippen LogP contribution < -0.4 is 10.2 Å². The number of nitrogens with zero attached hydrogens (tertiary/aromatic N) is 1. The molecule has 2 aromatic rings. The van der Waals surface area contributed by atoms with Crippen molar-refractivity contribution in [1.29, 1.82) is 0 Å². The lowest BCUT2D eigenvalue weighted by atomic mass is 10.1. The number of alkyl halides is 3. The van der Waals surface area contributed by atoms with E-state index < -0.39 is 30.1 Å². The maximum Gasteiger partial charge on any atom is 0.418 e. The molecule has 0 aromatic heterocycles. The highest BCUT2D eigenvalue weighted by molar-refractivity contribution is 6.02. The lowest BCUT2D eigenvalue weighted by Crippen LogP contribution is -2.37. The number of aryl methyl sites for hydroxylation is 1. The number of rotatable bonds is 4. The molecule has 0 fully saturated rings. The summed E-state index contributed by atoms with van der Waals surface area (Å²) in [6.45, 7) is 2.45. The first kappa shape index (κ1) is 18.5. The lowest BCUT2D eigenvalue weighted by Gasteiger charge is -2.24. The molecule has 4 nitrogen and oxygen atoms in total. The van der Waals surface area contributed by atoms with Gasteiger partial charge in [-0.05, 0) is 36.8 Å². The van der Waals surface area contributed by atoms with Crippen LogP contribution in [0, 0.1) is 6.92 Å². The van der Waals surface area contributed by atoms with E-state index in [-0.39, 0.29) is 5.69 Å². The summed E-state index contributed by atoms with van der Waals surface area (Å²) in [5.74, 6) is -1.24. The van der Waals surface area contributed by atoms with Crippen molar-refractivity contribution in [3.8, 4) is 0 Å². The molecule has 0 atom stereocenters. The number of para-hydroxylation sites is 1. The van der Waals surface area contributed by atoms with Crippen molar-refractivity contribution in [2.45, 2.75) is 20.0 Å². The molecule has 2 rings (SSSR count). The fourth-order valence-electron chi connectivity index (χ4n) is 2.38. The molecule has 132 valence electrons. The van der Waals surface area contributed by atoms with Crippen molar-refractivity contribution < 1.29 is 22.8 Å². The first-order chi connectivity index (χ1) is 11.7. The summed E-state index contributed by atoms with van der Waals surface area (Å²) in [6, 6.07) is 11.6. The largest absolute Gasteiger partial charge is 0.418 e. The second kappa shape index (κ2) is 7.38. The van der Waals surface area contributed by atoms with Gasteiger partial charge in [0, 0.05) is 12.6 Å². The van der Waals surface area contributed by atoms with E-state index in [2.05, 4.69) is 5.32 Å². The number of hydrogen-bond donors (Lipinski definition) is 1. The van der Waals surface area contributed by atoms with Crippen LogP contribution in [0.2, 0.25) is 0 Å². The second-order valence-electron chi connectivity index (χ2n) is 5.54. The maximum atomic E-state index is 13.2. The second-order valence-corrected chi connectivity index (χ2v) is 5.54. The molecule has 2 amide bonds. The summed E-state index contributed by atoms with van der Waals surface area (Å²) in [6.07, 6.45) is -4.63. The Bertz CT molecular complexity index is 788. The molecule has 7 heteroatoms. The number of anilines is 2. The van der Waals surface area contributed by atoms with Crippen LogP contribution in [0.25, 0.3) is 0 Å². The average Bonchev–Trinajstić information content (AvgIpc) is 2.51. The van der Waals surface area contributed by atoms with Crippen molar-refractivity contribution in [3.05, 3.63) is 59.7 Å². The molecule has 0 aliphatic carbocycles. The first-order valence-electron chi connectivity index (χ1n) is 7.49. The summed E-state index contributed by atoms with van der Waals surface area (Å²) >= 11 is 0. The molecule has 0 heterocycles. The molecule has 0 spiro atoms. The van der Waals surface area contributed by atoms with Crippen LogP contribution in [0.3, 0.4) is 0 Å². The van der Waals surface area contributed by atoms with E-state index in [1.165, 1.54) is 18.2 Å². The first-order valence-corrected chi connectivity index (χ1v) is 7.49. The van der Waals surface area contributed by atoms with E-state index in [9.17, 15) is 22.8 Å². The number of benzene rings is 2. The van der Waals surface area contributed by atoms with Gasteiger partial charge in [-0.25, -0.2) is 0 Å². The monoisotopic (exact) mass is 350 g/mol. The molecule has 1 N–H and O–H groups in total. The fourth-order valence-corrected chi connectivity index (χ4v) is 2.38. The summed E-state index contributed by atoms with van der Waals surface area (Å²) in [7, 11) is 0. The minimum Gasteiger partial charge on any atom is -0.325 e. The number of amides is 2. The van der Waals surface area contributed by atoms with Gasteiger partial charge in [0.15, 0.2) is 0 Å². The minimum absolute atomic E-state index is 0.345. The van der Waals surface area contributed by atoms with Crippen LogP contribution in [-0.2, 0) is 15.8 Å². The van der Waals surface area contributed by atoms with Gasteiger partial charge in [0.1, 0.15) is 6.54 Å². The van der Waals surface area contributed by atoms with Gasteiger partial charge < -0.3 is 10.2 Å². The predicted octanol–water partition coefficient (Wildman–Crippen LogP) is 4.01. The number of carbonyl (C=O) groups is 2. The van der Waals surface area contributed by atoms with Crippen LogP contribution in [-0.4, -0.2) is 18.4 Å². The molecule has 0 saturated heterocycles. The van der Waals surface area contributed by atoms with E-state index in [1.807, 2.05) is 13.0 Å². The Labute approximate surface area is 143 Å². The Balaban J connectivity index is 2.25. The highest BCUT2D eigenvalue weighted by Gasteiger charge is 2.35. The average molecular weight is 350 g/mol. The van der Waals surface area contributed by atoms with E-state index in [4.69, 9.17) is 0 Å². The van der Waals surface area contributed by atoms with Crippen molar-refractivity contribution >= 4 is 23.2 Å².